The van der Waals surface area contributed by atoms with Crippen LogP contribution in [0, 0.1) is 13.8 Å². The fourth-order valence-corrected chi connectivity index (χ4v) is 4.09. The van der Waals surface area contributed by atoms with E-state index in [4.69, 9.17) is 24.7 Å². The van der Waals surface area contributed by atoms with Gasteiger partial charge in [0, 0.05) is 30.9 Å². The van der Waals surface area contributed by atoms with Gasteiger partial charge in [-0.25, -0.2) is 9.59 Å². The number of morpholine rings is 1. The van der Waals surface area contributed by atoms with Crippen molar-refractivity contribution in [2.24, 2.45) is 0 Å². The van der Waals surface area contributed by atoms with Crippen LogP contribution in [0.2, 0.25) is 0 Å². The van der Waals surface area contributed by atoms with Gasteiger partial charge in [-0.1, -0.05) is 0 Å². The van der Waals surface area contributed by atoms with Crippen LogP contribution >= 0.6 is 0 Å². The third-order valence-corrected chi connectivity index (χ3v) is 5.74. The summed E-state index contributed by atoms with van der Waals surface area (Å²) in [5.74, 6) is -3.08. The van der Waals surface area contributed by atoms with Gasteiger partial charge in [0.2, 0.25) is 0 Å². The third kappa shape index (κ3) is 2.43. The van der Waals surface area contributed by atoms with E-state index < -0.39 is 23.3 Å². The first-order valence-electron chi connectivity index (χ1n) is 9.05. The Morgan fingerprint density at radius 2 is 1.59 bits per heavy atom. The van der Waals surface area contributed by atoms with Crippen molar-refractivity contribution in [3.63, 3.8) is 0 Å². The quantitative estimate of drug-likeness (QED) is 0.466. The summed E-state index contributed by atoms with van der Waals surface area (Å²) in [6.07, 6.45) is 0. The summed E-state index contributed by atoms with van der Waals surface area (Å²) < 4.78 is 22.6. The van der Waals surface area contributed by atoms with E-state index >= 15 is 0 Å². The maximum Gasteiger partial charge on any atom is 0.421 e. The van der Waals surface area contributed by atoms with Gasteiger partial charge in [0.05, 0.1) is 18.8 Å². The third-order valence-electron chi connectivity index (χ3n) is 5.74. The Hall–Kier alpha value is -2.32. The lowest BCUT2D eigenvalue weighted by atomic mass is 9.86. The van der Waals surface area contributed by atoms with Gasteiger partial charge in [-0.3, -0.25) is 4.90 Å². The van der Waals surface area contributed by atoms with Gasteiger partial charge in [0.25, 0.3) is 0 Å². The van der Waals surface area contributed by atoms with Crippen LogP contribution in [0.15, 0.2) is 0 Å². The number of anilines is 1. The number of hydrogen-bond acceptors (Lipinski definition) is 8. The van der Waals surface area contributed by atoms with Crippen LogP contribution in [-0.4, -0.2) is 48.7 Å². The van der Waals surface area contributed by atoms with E-state index in [-0.39, 0.29) is 0 Å². The number of nitrogens with zero attached hydrogens (tertiary/aromatic N) is 1. The molecule has 1 aromatic carbocycles. The van der Waals surface area contributed by atoms with E-state index in [2.05, 4.69) is 4.90 Å². The molecule has 0 bridgehead atoms. The van der Waals surface area contributed by atoms with Gasteiger partial charge in [-0.2, -0.15) is 0 Å². The number of carbonyl (C=O) groups is 2. The van der Waals surface area contributed by atoms with Crippen molar-refractivity contribution in [1.29, 1.82) is 0 Å². The average Bonchev–Trinajstić information content (AvgIpc) is 3.04. The van der Waals surface area contributed by atoms with Gasteiger partial charge in [0.1, 0.15) is 5.75 Å². The molecule has 2 N–H and O–H groups in total. The van der Waals surface area contributed by atoms with Gasteiger partial charge >= 0.3 is 17.7 Å². The van der Waals surface area contributed by atoms with E-state index in [1.54, 1.807) is 13.8 Å². The Bertz CT molecular complexity index is 825. The molecule has 2 fully saturated rings. The normalized spacial score (nSPS) is 23.1. The molecule has 4 rings (SSSR count). The second-order valence-electron chi connectivity index (χ2n) is 7.74. The summed E-state index contributed by atoms with van der Waals surface area (Å²) in [7, 11) is 0. The number of fused-ring (bicyclic) bond motifs is 2. The van der Waals surface area contributed by atoms with Crippen molar-refractivity contribution in [3.8, 4) is 5.75 Å². The fraction of sp³-hybridized carbons (Fsp3) is 0.579. The number of nitrogen functional groups attached to an aromatic ring is 1. The molecule has 3 heterocycles. The van der Waals surface area contributed by atoms with Crippen LogP contribution < -0.4 is 10.5 Å². The summed E-state index contributed by atoms with van der Waals surface area (Å²) in [6, 6.07) is 0. The minimum absolute atomic E-state index is 0.526. The summed E-state index contributed by atoms with van der Waals surface area (Å²) >= 11 is 0. The van der Waals surface area contributed by atoms with E-state index in [0.717, 1.165) is 24.2 Å². The number of nitrogens with two attached hydrogens (primary N) is 1. The Kier molecular flexibility index (Phi) is 3.91. The van der Waals surface area contributed by atoms with Gasteiger partial charge in [-0.15, -0.1) is 0 Å². The zero-order valence-corrected chi connectivity index (χ0v) is 16.0. The van der Waals surface area contributed by atoms with Crippen LogP contribution in [0.3, 0.4) is 0 Å². The molecular formula is C19H24N2O6. The molecule has 0 aliphatic carbocycles. The molecule has 0 aromatic heterocycles. The minimum Gasteiger partial charge on any atom is -0.478 e. The molecule has 0 amide bonds. The second kappa shape index (κ2) is 5.84. The topological polar surface area (TPSA) is 100 Å². The lowest BCUT2D eigenvalue weighted by molar-refractivity contribution is -0.234. The number of ether oxygens (including phenoxy) is 4. The highest BCUT2D eigenvalue weighted by atomic mass is 16.8. The first-order chi connectivity index (χ1) is 12.7. The molecule has 146 valence electrons. The van der Waals surface area contributed by atoms with E-state index in [0.29, 0.717) is 42.3 Å². The van der Waals surface area contributed by atoms with Crippen LogP contribution in [-0.2, 0) is 36.1 Å². The molecule has 0 radical (unpaired) electrons. The van der Waals surface area contributed by atoms with Crippen molar-refractivity contribution < 1.29 is 28.5 Å². The predicted octanol–water partition coefficient (Wildman–Crippen LogP) is 1.14. The summed E-state index contributed by atoms with van der Waals surface area (Å²) in [5, 5.41) is 0. The van der Waals surface area contributed by atoms with Crippen molar-refractivity contribution in [3.05, 3.63) is 22.3 Å². The van der Waals surface area contributed by atoms with Crippen LogP contribution in [0.5, 0.6) is 5.75 Å². The SMILES string of the molecule is Cc1c(N)c(C)c2c(c1CN1CCOCC1)OC(C)(C)C21OC(=O)C(=O)O1. The summed E-state index contributed by atoms with van der Waals surface area (Å²) in [4.78, 5) is 26.0. The summed E-state index contributed by atoms with van der Waals surface area (Å²) in [6.45, 7) is 10.8. The molecule has 1 aromatic rings. The molecule has 2 saturated heterocycles. The zero-order valence-electron chi connectivity index (χ0n) is 16.0. The predicted molar refractivity (Wildman–Crippen MR) is 95.0 cm³/mol. The number of esters is 2. The maximum atomic E-state index is 11.9. The highest BCUT2D eigenvalue weighted by molar-refractivity contribution is 6.31. The van der Waals surface area contributed by atoms with Crippen molar-refractivity contribution in [1.82, 2.24) is 4.90 Å². The van der Waals surface area contributed by atoms with Crippen molar-refractivity contribution in [2.75, 3.05) is 32.0 Å². The average molecular weight is 376 g/mol. The van der Waals surface area contributed by atoms with Crippen molar-refractivity contribution in [2.45, 2.75) is 45.6 Å². The van der Waals surface area contributed by atoms with E-state index in [9.17, 15) is 9.59 Å². The lowest BCUT2D eigenvalue weighted by Gasteiger charge is -2.32. The Morgan fingerprint density at radius 1 is 1.00 bits per heavy atom. The fourth-order valence-electron chi connectivity index (χ4n) is 4.09. The smallest absolute Gasteiger partial charge is 0.421 e. The Balaban J connectivity index is 1.88. The van der Waals surface area contributed by atoms with Gasteiger partial charge < -0.3 is 24.7 Å². The molecule has 8 heteroatoms. The highest BCUT2D eigenvalue weighted by Gasteiger charge is 2.67. The number of benzene rings is 1. The molecule has 8 nitrogen and oxygen atoms in total. The standard InChI is InChI=1S/C19H24N2O6/c1-10-12(9-21-5-7-24-8-6-21)15-13(11(2)14(10)20)19(18(3,4)25-15)26-16(22)17(23)27-19/h5-9,20H2,1-4H3. The summed E-state index contributed by atoms with van der Waals surface area (Å²) in [5.41, 5.74) is 8.94. The number of hydrogen-bond donors (Lipinski definition) is 1. The van der Waals surface area contributed by atoms with E-state index in [1.165, 1.54) is 0 Å². The van der Waals surface area contributed by atoms with E-state index in [1.807, 2.05) is 13.8 Å². The van der Waals surface area contributed by atoms with Crippen molar-refractivity contribution >= 4 is 17.6 Å². The monoisotopic (exact) mass is 376 g/mol. The zero-order chi connectivity index (χ0) is 19.6. The Labute approximate surface area is 157 Å². The first-order valence-corrected chi connectivity index (χ1v) is 9.05. The molecule has 1 spiro atoms. The molecule has 0 saturated carbocycles. The molecule has 27 heavy (non-hydrogen) atoms. The van der Waals surface area contributed by atoms with Crippen LogP contribution in [0.4, 0.5) is 5.69 Å². The van der Waals surface area contributed by atoms with Crippen LogP contribution in [0.1, 0.15) is 36.1 Å². The second-order valence-corrected chi connectivity index (χ2v) is 7.74. The van der Waals surface area contributed by atoms with Gasteiger partial charge in [-0.05, 0) is 38.8 Å². The Morgan fingerprint density at radius 3 is 2.19 bits per heavy atom. The van der Waals surface area contributed by atoms with Gasteiger partial charge in [0.15, 0.2) is 5.60 Å². The molecule has 3 aliphatic rings. The maximum absolute atomic E-state index is 11.9. The number of carbonyl (C=O) groups excluding carboxylic acids is 2. The lowest BCUT2D eigenvalue weighted by Crippen LogP contribution is -2.48. The highest BCUT2D eigenvalue weighted by Crippen LogP contribution is 2.57. The molecule has 0 unspecified atom stereocenters. The first kappa shape index (κ1) is 18.1. The molecular weight excluding hydrogens is 352 g/mol. The number of rotatable bonds is 2. The van der Waals surface area contributed by atoms with Crippen LogP contribution in [0.25, 0.3) is 0 Å². The minimum atomic E-state index is -1.62. The largest absolute Gasteiger partial charge is 0.478 e. The molecule has 3 aliphatic heterocycles. The molecule has 0 atom stereocenters.